The van der Waals surface area contributed by atoms with E-state index >= 15 is 0 Å². The van der Waals surface area contributed by atoms with Crippen LogP contribution >= 0.6 is 0 Å². The highest BCUT2D eigenvalue weighted by Crippen LogP contribution is 2.29. The molecule has 0 unspecified atom stereocenters. The first-order chi connectivity index (χ1) is 8.22. The van der Waals surface area contributed by atoms with Crippen molar-refractivity contribution in [3.05, 3.63) is 18.3 Å². The van der Waals surface area contributed by atoms with E-state index in [1.54, 1.807) is 6.20 Å². The second kappa shape index (κ2) is 5.36. The Kier molecular flexibility index (Phi) is 3.84. The van der Waals surface area contributed by atoms with E-state index < -0.39 is 5.60 Å². The summed E-state index contributed by atoms with van der Waals surface area (Å²) in [5.74, 6) is 0.637. The Morgan fingerprint density at radius 1 is 1.41 bits per heavy atom. The van der Waals surface area contributed by atoms with Gasteiger partial charge in [0.15, 0.2) is 0 Å². The molecule has 1 aliphatic rings. The number of aromatic nitrogens is 1. The Hall–Kier alpha value is -1.29. The molecule has 1 aromatic rings. The molecule has 0 saturated heterocycles. The maximum absolute atomic E-state index is 10.2. The Balaban J connectivity index is 1.86. The Bertz CT molecular complexity index is 345. The zero-order valence-electron chi connectivity index (χ0n) is 10.3. The van der Waals surface area contributed by atoms with E-state index in [4.69, 9.17) is 4.74 Å². The second-order valence-corrected chi connectivity index (χ2v) is 4.60. The molecule has 0 radical (unpaired) electrons. The molecule has 1 aromatic heterocycles. The first-order valence-electron chi connectivity index (χ1n) is 6.27. The molecule has 94 valence electrons. The summed E-state index contributed by atoms with van der Waals surface area (Å²) in [7, 11) is 0. The van der Waals surface area contributed by atoms with Gasteiger partial charge in [0.05, 0.1) is 24.1 Å². The zero-order chi connectivity index (χ0) is 12.1. The van der Waals surface area contributed by atoms with E-state index in [9.17, 15) is 5.11 Å². The molecule has 1 heterocycles. The van der Waals surface area contributed by atoms with Crippen LogP contribution < -0.4 is 10.1 Å². The summed E-state index contributed by atoms with van der Waals surface area (Å²) in [4.78, 5) is 4.17. The lowest BCUT2D eigenvalue weighted by Crippen LogP contribution is -2.33. The molecule has 0 spiro atoms. The monoisotopic (exact) mass is 236 g/mol. The van der Waals surface area contributed by atoms with Gasteiger partial charge in [-0.3, -0.25) is 0 Å². The van der Waals surface area contributed by atoms with Crippen LogP contribution in [0.15, 0.2) is 18.3 Å². The van der Waals surface area contributed by atoms with Crippen molar-refractivity contribution in [2.75, 3.05) is 18.5 Å². The smallest absolute Gasteiger partial charge is 0.213 e. The van der Waals surface area contributed by atoms with E-state index in [-0.39, 0.29) is 0 Å². The first kappa shape index (κ1) is 12.2. The minimum atomic E-state index is -0.529. The number of nitrogens with zero attached hydrogens (tertiary/aromatic N) is 1. The van der Waals surface area contributed by atoms with Gasteiger partial charge >= 0.3 is 0 Å². The molecule has 0 bridgehead atoms. The van der Waals surface area contributed by atoms with Crippen molar-refractivity contribution in [1.29, 1.82) is 0 Å². The van der Waals surface area contributed by atoms with Crippen LogP contribution in [0.4, 0.5) is 5.69 Å². The summed E-state index contributed by atoms with van der Waals surface area (Å²) in [5, 5.41) is 13.4. The molecule has 17 heavy (non-hydrogen) atoms. The summed E-state index contributed by atoms with van der Waals surface area (Å²) in [6, 6.07) is 3.76. The van der Waals surface area contributed by atoms with Crippen LogP contribution in [0.5, 0.6) is 5.88 Å². The summed E-state index contributed by atoms with van der Waals surface area (Å²) < 4.78 is 5.27. The third-order valence-corrected chi connectivity index (χ3v) is 3.18. The molecule has 4 heteroatoms. The van der Waals surface area contributed by atoms with E-state index in [0.717, 1.165) is 31.4 Å². The van der Waals surface area contributed by atoms with Gasteiger partial charge in [-0.1, -0.05) is 12.8 Å². The lowest BCUT2D eigenvalue weighted by Gasteiger charge is -2.22. The van der Waals surface area contributed by atoms with Crippen molar-refractivity contribution in [2.24, 2.45) is 0 Å². The highest BCUT2D eigenvalue weighted by Gasteiger charge is 2.30. The van der Waals surface area contributed by atoms with Crippen LogP contribution in [0, 0.1) is 0 Å². The fraction of sp³-hybridized carbons (Fsp3) is 0.615. The van der Waals surface area contributed by atoms with Crippen LogP contribution in [-0.4, -0.2) is 28.8 Å². The minimum absolute atomic E-state index is 0.529. The number of hydrogen-bond acceptors (Lipinski definition) is 4. The molecular formula is C13H20N2O2. The Morgan fingerprint density at radius 2 is 2.18 bits per heavy atom. The Labute approximate surface area is 102 Å². The molecule has 0 aromatic carbocycles. The molecule has 1 fully saturated rings. The second-order valence-electron chi connectivity index (χ2n) is 4.60. The largest absolute Gasteiger partial charge is 0.478 e. The number of nitrogens with one attached hydrogen (secondary N) is 1. The number of anilines is 1. The quantitative estimate of drug-likeness (QED) is 0.823. The van der Waals surface area contributed by atoms with Crippen LogP contribution in [0.3, 0.4) is 0 Å². The third-order valence-electron chi connectivity index (χ3n) is 3.18. The fourth-order valence-electron chi connectivity index (χ4n) is 2.19. The van der Waals surface area contributed by atoms with E-state index in [2.05, 4.69) is 10.3 Å². The predicted octanol–water partition coefficient (Wildman–Crippen LogP) is 2.20. The molecule has 1 aliphatic carbocycles. The van der Waals surface area contributed by atoms with Crippen LogP contribution in [-0.2, 0) is 0 Å². The maximum Gasteiger partial charge on any atom is 0.213 e. The topological polar surface area (TPSA) is 54.4 Å². The number of hydrogen-bond donors (Lipinski definition) is 2. The van der Waals surface area contributed by atoms with Gasteiger partial charge in [0.25, 0.3) is 0 Å². The molecule has 0 atom stereocenters. The lowest BCUT2D eigenvalue weighted by molar-refractivity contribution is 0.0615. The Morgan fingerprint density at radius 3 is 2.76 bits per heavy atom. The van der Waals surface area contributed by atoms with Gasteiger partial charge in [-0.15, -0.1) is 0 Å². The fourth-order valence-corrected chi connectivity index (χ4v) is 2.19. The predicted molar refractivity (Wildman–Crippen MR) is 67.3 cm³/mol. The van der Waals surface area contributed by atoms with Crippen molar-refractivity contribution in [3.63, 3.8) is 0 Å². The van der Waals surface area contributed by atoms with Gasteiger partial charge in [0, 0.05) is 12.6 Å². The molecule has 1 saturated carbocycles. The van der Waals surface area contributed by atoms with E-state index in [1.165, 1.54) is 0 Å². The van der Waals surface area contributed by atoms with Crippen molar-refractivity contribution >= 4 is 5.69 Å². The van der Waals surface area contributed by atoms with Crippen LogP contribution in [0.25, 0.3) is 0 Å². The average molecular weight is 236 g/mol. The first-order valence-corrected chi connectivity index (χ1v) is 6.27. The number of rotatable bonds is 5. The number of aliphatic hydroxyl groups is 1. The molecule has 0 aliphatic heterocycles. The van der Waals surface area contributed by atoms with Crippen molar-refractivity contribution in [3.8, 4) is 5.88 Å². The van der Waals surface area contributed by atoms with Gasteiger partial charge in [-0.25, -0.2) is 4.98 Å². The minimum Gasteiger partial charge on any atom is -0.478 e. The van der Waals surface area contributed by atoms with Gasteiger partial charge in [-0.05, 0) is 25.8 Å². The summed E-state index contributed by atoms with van der Waals surface area (Å²) in [5.41, 5.74) is 0.396. The standard InChI is InChI=1S/C13H20N2O2/c1-2-17-12-6-5-11(9-14-12)15-10-13(16)7-3-4-8-13/h5-6,9,15-16H,2-4,7-8,10H2,1H3. The highest BCUT2D eigenvalue weighted by atomic mass is 16.5. The SMILES string of the molecule is CCOc1ccc(NCC2(O)CCCC2)cn1. The normalized spacial score (nSPS) is 18.0. The van der Waals surface area contributed by atoms with Gasteiger partial charge < -0.3 is 15.2 Å². The van der Waals surface area contributed by atoms with Crippen molar-refractivity contribution in [1.82, 2.24) is 4.98 Å². The molecule has 0 amide bonds. The lowest BCUT2D eigenvalue weighted by atomic mass is 10.0. The number of ether oxygens (including phenoxy) is 1. The summed E-state index contributed by atoms with van der Waals surface area (Å²) in [6.45, 7) is 3.16. The van der Waals surface area contributed by atoms with Crippen molar-refractivity contribution in [2.45, 2.75) is 38.2 Å². The molecule has 2 N–H and O–H groups in total. The number of pyridine rings is 1. The van der Waals surface area contributed by atoms with Crippen LogP contribution in [0.2, 0.25) is 0 Å². The average Bonchev–Trinajstić information content (AvgIpc) is 2.76. The molecule has 4 nitrogen and oxygen atoms in total. The maximum atomic E-state index is 10.2. The third kappa shape index (κ3) is 3.33. The molecular weight excluding hydrogens is 216 g/mol. The van der Waals surface area contributed by atoms with Crippen molar-refractivity contribution < 1.29 is 9.84 Å². The van der Waals surface area contributed by atoms with Gasteiger partial charge in [0.2, 0.25) is 5.88 Å². The van der Waals surface area contributed by atoms with Crippen LogP contribution in [0.1, 0.15) is 32.6 Å². The van der Waals surface area contributed by atoms with Gasteiger partial charge in [0.1, 0.15) is 0 Å². The zero-order valence-corrected chi connectivity index (χ0v) is 10.3. The van der Waals surface area contributed by atoms with E-state index in [0.29, 0.717) is 19.0 Å². The van der Waals surface area contributed by atoms with Gasteiger partial charge in [-0.2, -0.15) is 0 Å². The van der Waals surface area contributed by atoms with E-state index in [1.807, 2.05) is 19.1 Å². The summed E-state index contributed by atoms with van der Waals surface area (Å²) in [6.07, 6.45) is 5.78. The summed E-state index contributed by atoms with van der Waals surface area (Å²) >= 11 is 0. The highest BCUT2D eigenvalue weighted by molar-refractivity contribution is 5.42. The molecule has 2 rings (SSSR count).